The van der Waals surface area contributed by atoms with Crippen LogP contribution in [0.15, 0.2) is 40.4 Å². The van der Waals surface area contributed by atoms with Crippen LogP contribution in [0.3, 0.4) is 0 Å². The lowest BCUT2D eigenvalue weighted by atomic mass is 10.1. The van der Waals surface area contributed by atoms with Crippen LogP contribution in [0.2, 0.25) is 0 Å². The minimum atomic E-state index is -0.848. The van der Waals surface area contributed by atoms with E-state index in [4.69, 9.17) is 18.9 Å². The number of imide groups is 2. The average Bonchev–Trinajstić information content (AvgIpc) is 3.27. The van der Waals surface area contributed by atoms with Crippen molar-refractivity contribution in [3.05, 3.63) is 45.9 Å². The van der Waals surface area contributed by atoms with Crippen molar-refractivity contribution in [2.24, 2.45) is 0 Å². The van der Waals surface area contributed by atoms with Gasteiger partial charge in [-0.2, -0.15) is 0 Å². The first-order valence-electron chi connectivity index (χ1n) is 10.8. The number of nitrogens with zero attached hydrogens (tertiary/aromatic N) is 1. The zero-order valence-electron chi connectivity index (χ0n) is 18.8. The number of carbonyl (C=O) groups is 3. The van der Waals surface area contributed by atoms with Crippen LogP contribution in [0, 0.1) is 0 Å². The molecule has 2 heterocycles. The molecule has 4 rings (SSSR count). The minimum absolute atomic E-state index is 0.0355. The van der Waals surface area contributed by atoms with Gasteiger partial charge in [0.15, 0.2) is 23.0 Å². The molecule has 0 aromatic heterocycles. The van der Waals surface area contributed by atoms with E-state index in [2.05, 4.69) is 21.2 Å². The van der Waals surface area contributed by atoms with Crippen LogP contribution in [-0.2, 0) is 9.59 Å². The Hall–Kier alpha value is -3.53. The number of benzene rings is 2. The van der Waals surface area contributed by atoms with E-state index in [-0.39, 0.29) is 24.2 Å². The lowest BCUT2D eigenvalue weighted by Gasteiger charge is -2.26. The predicted molar refractivity (Wildman–Crippen MR) is 127 cm³/mol. The van der Waals surface area contributed by atoms with E-state index in [1.165, 1.54) is 12.1 Å². The molecule has 10 heteroatoms. The molecule has 0 radical (unpaired) electrons. The SMILES string of the molecule is CCOc1cc(/C=C2\C(=O)NC(=O)N(c3ccc4c(c3)OCO4)C2=O)cc(Br)c1O[C@H](C)CC. The second-order valence-electron chi connectivity index (χ2n) is 7.60. The molecule has 2 aliphatic heterocycles. The van der Waals surface area contributed by atoms with E-state index in [0.29, 0.717) is 39.6 Å². The smallest absolute Gasteiger partial charge is 0.335 e. The second kappa shape index (κ2) is 9.76. The molecule has 0 saturated carbocycles. The van der Waals surface area contributed by atoms with Crippen LogP contribution < -0.4 is 29.2 Å². The van der Waals surface area contributed by atoms with E-state index in [0.717, 1.165) is 11.3 Å². The minimum Gasteiger partial charge on any atom is -0.490 e. The molecule has 0 bridgehead atoms. The summed E-state index contributed by atoms with van der Waals surface area (Å²) in [6.45, 7) is 6.26. The third-order valence-corrected chi connectivity index (χ3v) is 5.84. The normalized spacial score (nSPS) is 17.1. The number of halogens is 1. The fraction of sp³-hybridized carbons (Fsp3) is 0.292. The van der Waals surface area contributed by atoms with Gasteiger partial charge in [-0.05, 0) is 72.1 Å². The standard InChI is InChI=1S/C24H23BrN2O7/c1-4-13(3)34-21-17(25)9-14(10-20(21)31-5-2)8-16-22(28)26-24(30)27(23(16)29)15-6-7-18-19(11-15)33-12-32-18/h6-11,13H,4-5,12H2,1-3H3,(H,26,28,30)/b16-8+/t13-/m1/s1. The molecule has 34 heavy (non-hydrogen) atoms. The topological polar surface area (TPSA) is 103 Å². The third-order valence-electron chi connectivity index (χ3n) is 5.25. The summed E-state index contributed by atoms with van der Waals surface area (Å²) >= 11 is 3.50. The summed E-state index contributed by atoms with van der Waals surface area (Å²) in [5.74, 6) is 0.366. The molecular formula is C24H23BrN2O7. The Morgan fingerprint density at radius 2 is 1.91 bits per heavy atom. The highest BCUT2D eigenvalue weighted by Gasteiger charge is 2.37. The van der Waals surface area contributed by atoms with Crippen LogP contribution in [0.25, 0.3) is 6.08 Å². The van der Waals surface area contributed by atoms with Gasteiger partial charge in [-0.15, -0.1) is 0 Å². The number of amides is 4. The molecule has 2 aliphatic rings. The zero-order valence-corrected chi connectivity index (χ0v) is 20.4. The summed E-state index contributed by atoms with van der Waals surface area (Å²) in [6, 6.07) is 7.20. The van der Waals surface area contributed by atoms with Gasteiger partial charge in [-0.1, -0.05) is 6.92 Å². The lowest BCUT2D eigenvalue weighted by Crippen LogP contribution is -2.54. The first-order valence-corrected chi connectivity index (χ1v) is 11.6. The Balaban J connectivity index is 1.70. The van der Waals surface area contributed by atoms with E-state index >= 15 is 0 Å². The van der Waals surface area contributed by atoms with Crippen LogP contribution in [-0.4, -0.2) is 37.3 Å². The highest BCUT2D eigenvalue weighted by Crippen LogP contribution is 2.39. The molecule has 0 spiro atoms. The van der Waals surface area contributed by atoms with E-state index < -0.39 is 17.8 Å². The van der Waals surface area contributed by atoms with Crippen LogP contribution >= 0.6 is 15.9 Å². The Labute approximate surface area is 204 Å². The van der Waals surface area contributed by atoms with Gasteiger partial charge in [-0.25, -0.2) is 9.69 Å². The Morgan fingerprint density at radius 1 is 1.15 bits per heavy atom. The van der Waals surface area contributed by atoms with E-state index in [9.17, 15) is 14.4 Å². The van der Waals surface area contributed by atoms with Crippen molar-refractivity contribution in [2.45, 2.75) is 33.3 Å². The molecule has 4 amide bonds. The van der Waals surface area contributed by atoms with Gasteiger partial charge in [0.1, 0.15) is 5.57 Å². The zero-order chi connectivity index (χ0) is 24.4. The maximum Gasteiger partial charge on any atom is 0.335 e. The van der Waals surface area contributed by atoms with Crippen LogP contribution in [0.4, 0.5) is 10.5 Å². The Bertz CT molecular complexity index is 1190. The number of anilines is 1. The molecule has 2 aromatic rings. The summed E-state index contributed by atoms with van der Waals surface area (Å²) in [4.78, 5) is 39.2. The maximum absolute atomic E-state index is 13.2. The molecule has 1 fully saturated rings. The number of carbonyl (C=O) groups excluding carboxylic acids is 3. The molecule has 1 saturated heterocycles. The van der Waals surface area contributed by atoms with Crippen molar-refractivity contribution in [3.8, 4) is 23.0 Å². The summed E-state index contributed by atoms with van der Waals surface area (Å²) in [5, 5.41) is 2.22. The first kappa shape index (κ1) is 23.6. The summed E-state index contributed by atoms with van der Waals surface area (Å²) in [7, 11) is 0. The molecule has 1 atom stereocenters. The number of hydrogen-bond acceptors (Lipinski definition) is 7. The number of rotatable bonds is 7. The molecular weight excluding hydrogens is 508 g/mol. The average molecular weight is 531 g/mol. The van der Waals surface area contributed by atoms with E-state index in [1.807, 2.05) is 20.8 Å². The number of urea groups is 1. The number of nitrogens with one attached hydrogen (secondary N) is 1. The number of barbiturate groups is 1. The molecule has 178 valence electrons. The fourth-order valence-electron chi connectivity index (χ4n) is 3.42. The van der Waals surface area contributed by atoms with Crippen molar-refractivity contribution in [3.63, 3.8) is 0 Å². The van der Waals surface area contributed by atoms with Crippen LogP contribution in [0.5, 0.6) is 23.0 Å². The van der Waals surface area contributed by atoms with Crippen molar-refractivity contribution in [2.75, 3.05) is 18.3 Å². The lowest BCUT2D eigenvalue weighted by molar-refractivity contribution is -0.122. The van der Waals surface area contributed by atoms with Gasteiger partial charge in [0.05, 0.1) is 22.9 Å². The summed E-state index contributed by atoms with van der Waals surface area (Å²) < 4.78 is 22.9. The quantitative estimate of drug-likeness (QED) is 0.417. The maximum atomic E-state index is 13.2. The molecule has 1 N–H and O–H groups in total. The number of ether oxygens (including phenoxy) is 4. The van der Waals surface area contributed by atoms with Gasteiger partial charge < -0.3 is 18.9 Å². The van der Waals surface area contributed by atoms with E-state index in [1.54, 1.807) is 24.3 Å². The van der Waals surface area contributed by atoms with Gasteiger partial charge in [-0.3, -0.25) is 14.9 Å². The Morgan fingerprint density at radius 3 is 2.65 bits per heavy atom. The molecule has 9 nitrogen and oxygen atoms in total. The fourth-order valence-corrected chi connectivity index (χ4v) is 3.97. The predicted octanol–water partition coefficient (Wildman–Crippen LogP) is 4.42. The van der Waals surface area contributed by atoms with Gasteiger partial charge >= 0.3 is 6.03 Å². The van der Waals surface area contributed by atoms with Crippen LogP contribution in [0.1, 0.15) is 32.8 Å². The third kappa shape index (κ3) is 4.58. The number of fused-ring (bicyclic) bond motifs is 1. The molecule has 2 aromatic carbocycles. The molecule has 0 unspecified atom stereocenters. The van der Waals surface area contributed by atoms with Gasteiger partial charge in [0.25, 0.3) is 11.8 Å². The van der Waals surface area contributed by atoms with Crippen molar-refractivity contribution >= 4 is 45.5 Å². The molecule has 0 aliphatic carbocycles. The second-order valence-corrected chi connectivity index (χ2v) is 8.45. The highest BCUT2D eigenvalue weighted by molar-refractivity contribution is 9.10. The van der Waals surface area contributed by atoms with Crippen molar-refractivity contribution < 1.29 is 33.3 Å². The number of hydrogen-bond donors (Lipinski definition) is 1. The highest BCUT2D eigenvalue weighted by atomic mass is 79.9. The van der Waals surface area contributed by atoms with Gasteiger partial charge in [0.2, 0.25) is 6.79 Å². The first-order chi connectivity index (χ1) is 16.3. The summed E-state index contributed by atoms with van der Waals surface area (Å²) in [5.41, 5.74) is 0.561. The van der Waals surface area contributed by atoms with Crippen molar-refractivity contribution in [1.82, 2.24) is 5.32 Å². The summed E-state index contributed by atoms with van der Waals surface area (Å²) in [6.07, 6.45) is 2.18. The monoisotopic (exact) mass is 530 g/mol. The largest absolute Gasteiger partial charge is 0.490 e. The Kier molecular flexibility index (Phi) is 6.78. The van der Waals surface area contributed by atoms with Crippen molar-refractivity contribution in [1.29, 1.82) is 0 Å². The van der Waals surface area contributed by atoms with Gasteiger partial charge in [0, 0.05) is 6.07 Å².